The first kappa shape index (κ1) is 22.3. The second-order valence-corrected chi connectivity index (χ2v) is 6.57. The first-order valence-electron chi connectivity index (χ1n) is 8.85. The van der Waals surface area contributed by atoms with Crippen LogP contribution in [0, 0.1) is 5.92 Å². The summed E-state index contributed by atoms with van der Waals surface area (Å²) in [4.78, 5) is 24.4. The first-order chi connectivity index (χ1) is 12.0. The minimum Gasteiger partial charge on any atom is -0.494 e. The fourth-order valence-electron chi connectivity index (χ4n) is 3.20. The van der Waals surface area contributed by atoms with Gasteiger partial charge in [0, 0.05) is 6.54 Å². The lowest BCUT2D eigenvalue weighted by molar-refractivity contribution is -0.145. The molecule has 0 aliphatic heterocycles. The van der Waals surface area contributed by atoms with E-state index in [0.29, 0.717) is 25.9 Å². The lowest BCUT2D eigenvalue weighted by Crippen LogP contribution is -2.53. The topological polar surface area (TPSA) is 90.6 Å². The fourth-order valence-corrected chi connectivity index (χ4v) is 3.20. The molecule has 0 spiro atoms. The summed E-state index contributed by atoms with van der Waals surface area (Å²) in [5.74, 6) is -0.172. The number of nitrogens with one attached hydrogen (secondary N) is 1. The van der Waals surface area contributed by atoms with Crippen molar-refractivity contribution in [2.75, 3.05) is 20.3 Å². The number of carbonyl (C=O) groups is 2. The maximum absolute atomic E-state index is 12.3. The van der Waals surface area contributed by atoms with Gasteiger partial charge in [0.25, 0.3) is 0 Å². The van der Waals surface area contributed by atoms with E-state index in [2.05, 4.69) is 5.32 Å². The summed E-state index contributed by atoms with van der Waals surface area (Å²) < 4.78 is 10.3. The van der Waals surface area contributed by atoms with Crippen LogP contribution in [0.25, 0.3) is 0 Å². The Morgan fingerprint density at radius 2 is 1.85 bits per heavy atom. The zero-order valence-corrected chi connectivity index (χ0v) is 16.3. The average molecular weight is 385 g/mol. The Labute approximate surface area is 161 Å². The van der Waals surface area contributed by atoms with E-state index in [0.717, 1.165) is 24.2 Å². The normalized spacial score (nSPS) is 16.3. The highest BCUT2D eigenvalue weighted by Gasteiger charge is 2.37. The summed E-state index contributed by atoms with van der Waals surface area (Å²) >= 11 is 0. The van der Waals surface area contributed by atoms with Crippen molar-refractivity contribution < 1.29 is 19.1 Å². The molecule has 0 heterocycles. The van der Waals surface area contributed by atoms with E-state index in [9.17, 15) is 9.59 Å². The number of amides is 1. The zero-order valence-electron chi connectivity index (χ0n) is 15.5. The molecule has 1 aromatic carbocycles. The molecule has 6 nitrogen and oxygen atoms in total. The van der Waals surface area contributed by atoms with Gasteiger partial charge in [0.2, 0.25) is 5.91 Å². The number of halogens is 1. The summed E-state index contributed by atoms with van der Waals surface area (Å²) in [6.07, 6.45) is 3.81. The van der Waals surface area contributed by atoms with Gasteiger partial charge in [-0.2, -0.15) is 0 Å². The van der Waals surface area contributed by atoms with Gasteiger partial charge in [-0.3, -0.25) is 9.59 Å². The van der Waals surface area contributed by atoms with Crippen LogP contribution in [-0.2, 0) is 20.7 Å². The number of hydrogen-bond acceptors (Lipinski definition) is 5. The molecule has 146 valence electrons. The third kappa shape index (κ3) is 5.88. The van der Waals surface area contributed by atoms with Gasteiger partial charge in [0.05, 0.1) is 25.2 Å². The van der Waals surface area contributed by atoms with Crippen LogP contribution < -0.4 is 15.8 Å². The van der Waals surface area contributed by atoms with E-state index in [1.54, 1.807) is 0 Å². The molecule has 0 aromatic heterocycles. The largest absolute Gasteiger partial charge is 0.494 e. The molecule has 1 aliphatic carbocycles. The number of hydrogen-bond donors (Lipinski definition) is 2. The first-order valence-corrected chi connectivity index (χ1v) is 8.85. The van der Waals surface area contributed by atoms with Crippen molar-refractivity contribution >= 4 is 24.3 Å². The Morgan fingerprint density at radius 3 is 2.38 bits per heavy atom. The van der Waals surface area contributed by atoms with E-state index in [1.807, 2.05) is 31.2 Å². The van der Waals surface area contributed by atoms with E-state index >= 15 is 0 Å². The highest BCUT2D eigenvalue weighted by atomic mass is 35.5. The van der Waals surface area contributed by atoms with Crippen LogP contribution in [0.3, 0.4) is 0 Å². The lowest BCUT2D eigenvalue weighted by atomic mass is 9.96. The molecule has 0 saturated heterocycles. The summed E-state index contributed by atoms with van der Waals surface area (Å²) in [7, 11) is 1.36. The van der Waals surface area contributed by atoms with E-state index in [-0.39, 0.29) is 30.8 Å². The monoisotopic (exact) mass is 384 g/mol. The molecule has 1 saturated carbocycles. The molecule has 1 aromatic rings. The summed E-state index contributed by atoms with van der Waals surface area (Å²) in [5, 5.41) is 2.84. The van der Waals surface area contributed by atoms with Crippen molar-refractivity contribution in [2.24, 2.45) is 11.7 Å². The zero-order chi connectivity index (χ0) is 18.3. The molecule has 3 N–H and O–H groups in total. The van der Waals surface area contributed by atoms with E-state index in [1.165, 1.54) is 7.11 Å². The maximum Gasteiger partial charge on any atom is 0.310 e. The van der Waals surface area contributed by atoms with Gasteiger partial charge >= 0.3 is 5.97 Å². The van der Waals surface area contributed by atoms with Crippen LogP contribution >= 0.6 is 12.4 Å². The predicted octanol–water partition coefficient (Wildman–Crippen LogP) is 2.23. The molecular weight excluding hydrogens is 356 g/mol. The quantitative estimate of drug-likeness (QED) is 0.670. The van der Waals surface area contributed by atoms with Gasteiger partial charge in [-0.05, 0) is 43.9 Å². The van der Waals surface area contributed by atoms with E-state index in [4.69, 9.17) is 15.2 Å². The molecule has 1 atom stereocenters. The van der Waals surface area contributed by atoms with Crippen LogP contribution in [0.15, 0.2) is 24.3 Å². The molecule has 0 radical (unpaired) electrons. The smallest absolute Gasteiger partial charge is 0.310 e. The molecule has 2 rings (SSSR count). The Hall–Kier alpha value is -1.79. The predicted molar refractivity (Wildman–Crippen MR) is 102 cm³/mol. The van der Waals surface area contributed by atoms with Crippen molar-refractivity contribution in [3.63, 3.8) is 0 Å². The SMILES string of the molecule is CCOc1ccc(CC(CNC(=O)C2(N)CCCC2)C(=O)OC)cc1.Cl. The molecule has 0 bridgehead atoms. The van der Waals surface area contributed by atoms with Crippen LogP contribution in [-0.4, -0.2) is 37.7 Å². The van der Waals surface area contributed by atoms with Gasteiger partial charge in [0.1, 0.15) is 5.75 Å². The van der Waals surface area contributed by atoms with Gasteiger partial charge in [-0.1, -0.05) is 25.0 Å². The summed E-state index contributed by atoms with van der Waals surface area (Å²) in [6, 6.07) is 7.59. The maximum atomic E-state index is 12.3. The molecule has 1 unspecified atom stereocenters. The van der Waals surface area contributed by atoms with Crippen molar-refractivity contribution in [1.29, 1.82) is 0 Å². The van der Waals surface area contributed by atoms with E-state index < -0.39 is 11.5 Å². The van der Waals surface area contributed by atoms with Crippen LogP contribution in [0.2, 0.25) is 0 Å². The number of benzene rings is 1. The Balaban J connectivity index is 0.00000338. The number of esters is 1. The van der Waals surface area contributed by atoms with Crippen molar-refractivity contribution in [3.05, 3.63) is 29.8 Å². The van der Waals surface area contributed by atoms with Crippen LogP contribution in [0.1, 0.15) is 38.2 Å². The minimum absolute atomic E-state index is 0. The van der Waals surface area contributed by atoms with Crippen molar-refractivity contribution in [3.8, 4) is 5.75 Å². The molecule has 1 aliphatic rings. The standard InChI is InChI=1S/C19H28N2O4.ClH/c1-3-25-16-8-6-14(7-9-16)12-15(17(22)24-2)13-21-18(23)19(20)10-4-5-11-19;/h6-9,15H,3-5,10-13,20H2,1-2H3,(H,21,23);1H. The third-order valence-corrected chi connectivity index (χ3v) is 4.71. The summed E-state index contributed by atoms with van der Waals surface area (Å²) in [5.41, 5.74) is 6.34. The number of ether oxygens (including phenoxy) is 2. The highest BCUT2D eigenvalue weighted by Crippen LogP contribution is 2.27. The summed E-state index contributed by atoms with van der Waals surface area (Å²) in [6.45, 7) is 2.76. The minimum atomic E-state index is -0.792. The molecule has 26 heavy (non-hydrogen) atoms. The molecule has 1 amide bonds. The van der Waals surface area contributed by atoms with Gasteiger partial charge in [-0.15, -0.1) is 12.4 Å². The number of nitrogens with two attached hydrogens (primary N) is 1. The molecule has 1 fully saturated rings. The van der Waals surface area contributed by atoms with Gasteiger partial charge in [0.15, 0.2) is 0 Å². The Morgan fingerprint density at radius 1 is 1.23 bits per heavy atom. The fraction of sp³-hybridized carbons (Fsp3) is 0.579. The third-order valence-electron chi connectivity index (χ3n) is 4.71. The number of carbonyl (C=O) groups excluding carboxylic acids is 2. The highest BCUT2D eigenvalue weighted by molar-refractivity contribution is 5.87. The van der Waals surface area contributed by atoms with Crippen molar-refractivity contribution in [1.82, 2.24) is 5.32 Å². The van der Waals surface area contributed by atoms with Gasteiger partial charge < -0.3 is 20.5 Å². The Bertz CT molecular complexity index is 586. The van der Waals surface area contributed by atoms with Crippen LogP contribution in [0.4, 0.5) is 0 Å². The Kier molecular flexibility index (Phi) is 8.88. The van der Waals surface area contributed by atoms with Crippen molar-refractivity contribution in [2.45, 2.75) is 44.6 Å². The molecule has 7 heteroatoms. The number of methoxy groups -OCH3 is 1. The lowest BCUT2D eigenvalue weighted by Gasteiger charge is -2.24. The number of rotatable bonds is 8. The second-order valence-electron chi connectivity index (χ2n) is 6.57. The second kappa shape index (κ2) is 10.4. The average Bonchev–Trinajstić information content (AvgIpc) is 3.07. The van der Waals surface area contributed by atoms with Crippen LogP contribution in [0.5, 0.6) is 5.75 Å². The van der Waals surface area contributed by atoms with Gasteiger partial charge in [-0.25, -0.2) is 0 Å². The molecular formula is C19H29ClN2O4.